The summed E-state index contributed by atoms with van der Waals surface area (Å²) < 4.78 is 68.3. The van der Waals surface area contributed by atoms with Crippen LogP contribution in [0.3, 0.4) is 0 Å². The van der Waals surface area contributed by atoms with Crippen molar-refractivity contribution < 1.29 is 31.1 Å². The Hall–Kier alpha value is -3.18. The van der Waals surface area contributed by atoms with E-state index < -0.39 is 34.0 Å². The van der Waals surface area contributed by atoms with Gasteiger partial charge in [-0.05, 0) is 49.6 Å². The van der Waals surface area contributed by atoms with E-state index in [1.54, 1.807) is 29.0 Å². The second kappa shape index (κ2) is 9.82. The van der Waals surface area contributed by atoms with Gasteiger partial charge in [0, 0.05) is 30.7 Å². The highest BCUT2D eigenvalue weighted by Crippen LogP contribution is 2.28. The molecule has 2 heterocycles. The number of nitrogens with zero attached hydrogens (tertiary/aromatic N) is 2. The van der Waals surface area contributed by atoms with E-state index in [0.29, 0.717) is 48.2 Å². The zero-order chi connectivity index (χ0) is 25.2. The van der Waals surface area contributed by atoms with Crippen molar-refractivity contribution in [2.75, 3.05) is 13.1 Å². The Morgan fingerprint density at radius 1 is 1.17 bits per heavy atom. The van der Waals surface area contributed by atoms with Gasteiger partial charge in [0.05, 0.1) is 11.1 Å². The number of hydrogen-bond donors (Lipinski definition) is 1. The maximum absolute atomic E-state index is 13.4. The number of pyridine rings is 1. The maximum Gasteiger partial charge on any atom is 0.511 e. The lowest BCUT2D eigenvalue weighted by Crippen LogP contribution is -2.46. The molecule has 1 aromatic heterocycles. The predicted octanol–water partition coefficient (Wildman–Crippen LogP) is 4.17. The molecule has 1 atom stereocenters. The first-order valence-electron chi connectivity index (χ1n) is 11.0. The number of carbonyl (C=O) groups is 1. The molecule has 3 aromatic rings. The van der Waals surface area contributed by atoms with E-state index in [1.807, 2.05) is 31.2 Å². The fraction of sp³-hybridized carbons (Fsp3) is 0.333. The van der Waals surface area contributed by atoms with Crippen LogP contribution in [0.2, 0.25) is 0 Å². The zero-order valence-electron chi connectivity index (χ0n) is 18.9. The molecule has 2 aromatic carbocycles. The molecular formula is C24H24F3N3O4S. The third-order valence-electron chi connectivity index (χ3n) is 5.92. The van der Waals surface area contributed by atoms with E-state index >= 15 is 0 Å². The molecule has 1 fully saturated rings. The topological polar surface area (TPSA) is 88.6 Å². The molecule has 7 nitrogen and oxygen atoms in total. The summed E-state index contributed by atoms with van der Waals surface area (Å²) in [7, 11) is -5.49. The summed E-state index contributed by atoms with van der Waals surface area (Å²) in [5.41, 5.74) is -2.40. The average Bonchev–Trinajstić information content (AvgIpc) is 3.29. The summed E-state index contributed by atoms with van der Waals surface area (Å²) in [4.78, 5) is 19.1. The molecule has 1 aliphatic rings. The van der Waals surface area contributed by atoms with E-state index in [1.165, 1.54) is 11.1 Å². The average molecular weight is 508 g/mol. The number of aryl methyl sites for hydroxylation is 1. The number of sulfonamides is 1. The largest absolute Gasteiger partial charge is 0.511 e. The quantitative estimate of drug-likeness (QED) is 0.519. The Labute approximate surface area is 201 Å². The van der Waals surface area contributed by atoms with E-state index in [4.69, 9.17) is 4.74 Å². The monoisotopic (exact) mass is 507 g/mol. The predicted molar refractivity (Wildman–Crippen MR) is 124 cm³/mol. The lowest BCUT2D eigenvalue weighted by molar-refractivity contribution is -0.0448. The van der Waals surface area contributed by atoms with Crippen molar-refractivity contribution in [2.24, 2.45) is 0 Å². The first-order valence-corrected chi connectivity index (χ1v) is 12.5. The Bertz CT molecular complexity index is 1330. The number of alkyl halides is 3. The normalized spacial score (nSPS) is 16.6. The number of likely N-dealkylation sites (tertiary alicyclic amines) is 1. The molecular weight excluding hydrogens is 483 g/mol. The summed E-state index contributed by atoms with van der Waals surface area (Å²) in [6, 6.07) is 14.0. The number of amides is 1. The fourth-order valence-corrected chi connectivity index (χ4v) is 4.59. The molecule has 0 spiro atoms. The molecule has 186 valence electrons. The third-order valence-corrected chi connectivity index (χ3v) is 7.08. The number of hydrogen-bond acceptors (Lipinski definition) is 5. The van der Waals surface area contributed by atoms with Crippen molar-refractivity contribution in [1.29, 1.82) is 0 Å². The van der Waals surface area contributed by atoms with Crippen molar-refractivity contribution in [3.63, 3.8) is 0 Å². The van der Waals surface area contributed by atoms with Gasteiger partial charge in [0.2, 0.25) is 0 Å². The van der Waals surface area contributed by atoms with Crippen LogP contribution in [0.15, 0.2) is 54.7 Å². The standard InChI is InChI=1S/C24H24F3N3O4S/c1-16-4-6-17(7-5-16)15-34-19-8-9-22-21(13-19)20(10-11-28-22)23(31)30-12-2-3-18(30)14-29-35(32,33)24(25,26)27/h4-11,13,18,29H,2-3,12,14-15H2,1H3/t18-/m0/s1. The van der Waals surface area contributed by atoms with Crippen molar-refractivity contribution in [3.8, 4) is 5.75 Å². The number of carbonyl (C=O) groups excluding carboxylic acids is 1. The minimum atomic E-state index is -5.49. The van der Waals surface area contributed by atoms with Gasteiger partial charge in [-0.1, -0.05) is 29.8 Å². The van der Waals surface area contributed by atoms with Gasteiger partial charge < -0.3 is 9.64 Å². The molecule has 0 saturated carbocycles. The SMILES string of the molecule is Cc1ccc(COc2ccc3nccc(C(=O)N4CCC[C@H]4CNS(=O)(=O)C(F)(F)F)c3c2)cc1. The number of ether oxygens (including phenoxy) is 1. The molecule has 4 rings (SSSR count). The molecule has 0 radical (unpaired) electrons. The Balaban J connectivity index is 1.53. The summed E-state index contributed by atoms with van der Waals surface area (Å²) in [5, 5.41) is 0.542. The number of aromatic nitrogens is 1. The smallest absolute Gasteiger partial charge is 0.489 e. The zero-order valence-corrected chi connectivity index (χ0v) is 19.7. The van der Waals surface area contributed by atoms with Gasteiger partial charge in [0.1, 0.15) is 12.4 Å². The lowest BCUT2D eigenvalue weighted by atomic mass is 10.1. The Morgan fingerprint density at radius 2 is 1.91 bits per heavy atom. The minimum absolute atomic E-state index is 0.310. The molecule has 1 aliphatic heterocycles. The summed E-state index contributed by atoms with van der Waals surface area (Å²) >= 11 is 0. The number of halogens is 3. The van der Waals surface area contributed by atoms with E-state index in [0.717, 1.165) is 11.1 Å². The van der Waals surface area contributed by atoms with Crippen LogP contribution in [0.1, 0.15) is 34.3 Å². The van der Waals surface area contributed by atoms with Crippen LogP contribution in [-0.2, 0) is 16.6 Å². The number of nitrogens with one attached hydrogen (secondary N) is 1. The highest BCUT2D eigenvalue weighted by atomic mass is 32.2. The maximum atomic E-state index is 13.4. The Morgan fingerprint density at radius 3 is 2.63 bits per heavy atom. The molecule has 0 bridgehead atoms. The van der Waals surface area contributed by atoms with Gasteiger partial charge in [-0.2, -0.15) is 13.2 Å². The van der Waals surface area contributed by atoms with Crippen molar-refractivity contribution >= 4 is 26.8 Å². The van der Waals surface area contributed by atoms with Gasteiger partial charge in [-0.15, -0.1) is 0 Å². The first-order chi connectivity index (χ1) is 16.5. The van der Waals surface area contributed by atoms with Crippen LogP contribution in [0.25, 0.3) is 10.9 Å². The minimum Gasteiger partial charge on any atom is -0.489 e. The summed E-state index contributed by atoms with van der Waals surface area (Å²) in [5.74, 6) is 0.137. The van der Waals surface area contributed by atoms with Crippen LogP contribution in [0.5, 0.6) is 5.75 Å². The van der Waals surface area contributed by atoms with Crippen LogP contribution >= 0.6 is 0 Å². The summed E-state index contributed by atoms with van der Waals surface area (Å²) in [6.45, 7) is 2.13. The molecule has 1 amide bonds. The number of benzene rings is 2. The van der Waals surface area contributed by atoms with Crippen molar-refractivity contribution in [1.82, 2.24) is 14.6 Å². The van der Waals surface area contributed by atoms with Crippen LogP contribution < -0.4 is 9.46 Å². The summed E-state index contributed by atoms with van der Waals surface area (Å²) in [6.07, 6.45) is 2.43. The second-order valence-electron chi connectivity index (χ2n) is 8.40. The van der Waals surface area contributed by atoms with Gasteiger partial charge in [-0.3, -0.25) is 9.78 Å². The van der Waals surface area contributed by atoms with Crippen molar-refractivity contribution in [3.05, 3.63) is 71.4 Å². The molecule has 11 heteroatoms. The van der Waals surface area contributed by atoms with Crippen LogP contribution in [0.4, 0.5) is 13.2 Å². The van der Waals surface area contributed by atoms with Crippen LogP contribution in [-0.4, -0.2) is 48.8 Å². The van der Waals surface area contributed by atoms with Gasteiger partial charge in [0.15, 0.2) is 0 Å². The number of rotatable bonds is 7. The fourth-order valence-electron chi connectivity index (χ4n) is 4.01. The van der Waals surface area contributed by atoms with E-state index in [9.17, 15) is 26.4 Å². The van der Waals surface area contributed by atoms with Gasteiger partial charge in [0.25, 0.3) is 5.91 Å². The Kier molecular flexibility index (Phi) is 7.00. The van der Waals surface area contributed by atoms with E-state index in [-0.39, 0.29) is 0 Å². The second-order valence-corrected chi connectivity index (χ2v) is 10.2. The van der Waals surface area contributed by atoms with E-state index in [2.05, 4.69) is 4.98 Å². The highest BCUT2D eigenvalue weighted by Gasteiger charge is 2.46. The molecule has 35 heavy (non-hydrogen) atoms. The first kappa shape index (κ1) is 24.9. The van der Waals surface area contributed by atoms with Gasteiger partial charge >= 0.3 is 15.5 Å². The lowest BCUT2D eigenvalue weighted by Gasteiger charge is -2.25. The number of fused-ring (bicyclic) bond motifs is 1. The van der Waals surface area contributed by atoms with Crippen molar-refractivity contribution in [2.45, 2.75) is 37.9 Å². The molecule has 0 aliphatic carbocycles. The molecule has 1 N–H and O–H groups in total. The van der Waals surface area contributed by atoms with Gasteiger partial charge in [-0.25, -0.2) is 13.1 Å². The third kappa shape index (κ3) is 5.57. The molecule has 0 unspecified atom stereocenters. The van der Waals surface area contributed by atoms with Crippen LogP contribution in [0, 0.1) is 6.92 Å². The molecule has 1 saturated heterocycles. The highest BCUT2D eigenvalue weighted by molar-refractivity contribution is 7.90.